The third kappa shape index (κ3) is 5.94. The van der Waals surface area contributed by atoms with Gasteiger partial charge in [0.25, 0.3) is 0 Å². The van der Waals surface area contributed by atoms with Crippen molar-refractivity contribution in [2.75, 3.05) is 19.6 Å². The fourth-order valence-corrected chi connectivity index (χ4v) is 0.409. The minimum Gasteiger partial charge on any atom is -0.329 e. The SMILES string of the molecule is NCCNCC(=O)S. The lowest BCUT2D eigenvalue weighted by atomic mass is 10.6. The van der Waals surface area contributed by atoms with Crippen LogP contribution in [-0.2, 0) is 4.79 Å². The van der Waals surface area contributed by atoms with E-state index in [-0.39, 0.29) is 5.12 Å². The number of nitrogens with two attached hydrogens (primary N) is 1. The molecule has 0 amide bonds. The van der Waals surface area contributed by atoms with Crippen LogP contribution in [0.15, 0.2) is 0 Å². The Labute approximate surface area is 54.0 Å². The average molecular weight is 134 g/mol. The number of rotatable bonds is 4. The monoisotopic (exact) mass is 134 g/mol. The van der Waals surface area contributed by atoms with Crippen LogP contribution >= 0.6 is 12.6 Å². The number of hydrogen-bond donors (Lipinski definition) is 3. The summed E-state index contributed by atoms with van der Waals surface area (Å²) >= 11 is 3.53. The van der Waals surface area contributed by atoms with Crippen molar-refractivity contribution in [3.8, 4) is 0 Å². The Bertz CT molecular complexity index is 76.4. The number of thiol groups is 1. The van der Waals surface area contributed by atoms with Crippen LogP contribution in [0.25, 0.3) is 0 Å². The van der Waals surface area contributed by atoms with E-state index in [0.29, 0.717) is 19.6 Å². The summed E-state index contributed by atoms with van der Waals surface area (Å²) in [5, 5.41) is 2.63. The standard InChI is InChI=1S/C4H10N2OS/c5-1-2-6-3-4(7)8/h6H,1-3,5H2,(H,7,8). The van der Waals surface area contributed by atoms with Crippen molar-refractivity contribution >= 4 is 17.7 Å². The maximum absolute atomic E-state index is 10.1. The second-order valence-corrected chi connectivity index (χ2v) is 1.86. The zero-order chi connectivity index (χ0) is 6.41. The lowest BCUT2D eigenvalue weighted by Gasteiger charge is -1.94. The summed E-state index contributed by atoms with van der Waals surface area (Å²) in [4.78, 5) is 10.1. The predicted octanol–water partition coefficient (Wildman–Crippen LogP) is -1.01. The van der Waals surface area contributed by atoms with Gasteiger partial charge >= 0.3 is 0 Å². The van der Waals surface area contributed by atoms with Crippen molar-refractivity contribution in [3.63, 3.8) is 0 Å². The van der Waals surface area contributed by atoms with Crippen LogP contribution in [0.2, 0.25) is 0 Å². The zero-order valence-electron chi connectivity index (χ0n) is 4.55. The van der Waals surface area contributed by atoms with Gasteiger partial charge in [-0.2, -0.15) is 0 Å². The lowest BCUT2D eigenvalue weighted by molar-refractivity contribution is -0.110. The van der Waals surface area contributed by atoms with Gasteiger partial charge in [-0.15, -0.1) is 12.6 Å². The molecule has 0 atom stereocenters. The molecule has 0 aromatic carbocycles. The topological polar surface area (TPSA) is 55.1 Å². The highest BCUT2D eigenvalue weighted by molar-refractivity contribution is 7.96. The van der Waals surface area contributed by atoms with Crippen molar-refractivity contribution in [2.45, 2.75) is 0 Å². The molecule has 0 heterocycles. The van der Waals surface area contributed by atoms with Crippen molar-refractivity contribution < 1.29 is 4.79 Å². The molecule has 0 aromatic heterocycles. The summed E-state index contributed by atoms with van der Waals surface area (Å²) in [6.07, 6.45) is 0. The Morgan fingerprint density at radius 1 is 1.75 bits per heavy atom. The third-order valence-electron chi connectivity index (χ3n) is 0.597. The minimum absolute atomic E-state index is 0.154. The van der Waals surface area contributed by atoms with Crippen LogP contribution in [0.4, 0.5) is 0 Å². The van der Waals surface area contributed by atoms with Crippen LogP contribution in [0.3, 0.4) is 0 Å². The first-order valence-electron chi connectivity index (χ1n) is 2.40. The highest BCUT2D eigenvalue weighted by Crippen LogP contribution is 1.71. The zero-order valence-corrected chi connectivity index (χ0v) is 5.45. The van der Waals surface area contributed by atoms with Gasteiger partial charge in [-0.25, -0.2) is 0 Å². The van der Waals surface area contributed by atoms with E-state index in [2.05, 4.69) is 17.9 Å². The molecule has 0 aromatic rings. The van der Waals surface area contributed by atoms with Crippen LogP contribution in [0.5, 0.6) is 0 Å². The molecular weight excluding hydrogens is 124 g/mol. The van der Waals surface area contributed by atoms with Gasteiger partial charge in [0, 0.05) is 13.1 Å². The fourth-order valence-electron chi connectivity index (χ4n) is 0.297. The molecule has 0 aliphatic carbocycles. The van der Waals surface area contributed by atoms with Crippen molar-refractivity contribution in [1.29, 1.82) is 0 Å². The smallest absolute Gasteiger partial charge is 0.199 e. The van der Waals surface area contributed by atoms with Gasteiger partial charge in [0.15, 0.2) is 5.12 Å². The molecule has 4 heteroatoms. The largest absolute Gasteiger partial charge is 0.329 e. The molecule has 0 saturated heterocycles. The molecule has 48 valence electrons. The molecule has 0 spiro atoms. The molecule has 3 nitrogen and oxygen atoms in total. The molecule has 8 heavy (non-hydrogen) atoms. The Hall–Kier alpha value is -0.0600. The predicted molar refractivity (Wildman–Crippen MR) is 35.9 cm³/mol. The molecule has 0 aliphatic heterocycles. The first-order chi connectivity index (χ1) is 3.77. The fraction of sp³-hybridized carbons (Fsp3) is 0.750. The Kier molecular flexibility index (Phi) is 5.05. The van der Waals surface area contributed by atoms with E-state index >= 15 is 0 Å². The van der Waals surface area contributed by atoms with E-state index in [9.17, 15) is 4.79 Å². The first kappa shape index (κ1) is 7.94. The highest BCUT2D eigenvalue weighted by atomic mass is 32.1. The molecule has 0 radical (unpaired) electrons. The number of hydrogen-bond acceptors (Lipinski definition) is 3. The molecule has 0 fully saturated rings. The van der Waals surface area contributed by atoms with Crippen LogP contribution in [0.1, 0.15) is 0 Å². The van der Waals surface area contributed by atoms with Crippen LogP contribution in [0, 0.1) is 0 Å². The summed E-state index contributed by atoms with van der Waals surface area (Å²) < 4.78 is 0. The Balaban J connectivity index is 2.82. The van der Waals surface area contributed by atoms with Gasteiger partial charge in [0.2, 0.25) is 0 Å². The second kappa shape index (κ2) is 5.08. The number of carbonyl (C=O) groups is 1. The van der Waals surface area contributed by atoms with Crippen LogP contribution < -0.4 is 11.1 Å². The number of carbonyl (C=O) groups excluding carboxylic acids is 1. The van der Waals surface area contributed by atoms with Gasteiger partial charge in [-0.1, -0.05) is 0 Å². The van der Waals surface area contributed by atoms with Crippen LogP contribution in [-0.4, -0.2) is 24.7 Å². The van der Waals surface area contributed by atoms with E-state index < -0.39 is 0 Å². The summed E-state index contributed by atoms with van der Waals surface area (Å²) in [6, 6.07) is 0. The maximum Gasteiger partial charge on any atom is 0.199 e. The molecule has 0 saturated carbocycles. The number of nitrogens with one attached hydrogen (secondary N) is 1. The van der Waals surface area contributed by atoms with E-state index in [1.165, 1.54) is 0 Å². The van der Waals surface area contributed by atoms with E-state index in [4.69, 9.17) is 5.73 Å². The van der Waals surface area contributed by atoms with Gasteiger partial charge in [-0.05, 0) is 0 Å². The molecular formula is C4H10N2OS. The molecule has 0 rings (SSSR count). The third-order valence-corrected chi connectivity index (χ3v) is 0.755. The Morgan fingerprint density at radius 3 is 2.75 bits per heavy atom. The summed E-state index contributed by atoms with van der Waals surface area (Å²) in [5.41, 5.74) is 5.12. The van der Waals surface area contributed by atoms with Gasteiger partial charge < -0.3 is 11.1 Å². The lowest BCUT2D eigenvalue weighted by Crippen LogP contribution is -2.26. The van der Waals surface area contributed by atoms with Crippen molar-refractivity contribution in [3.05, 3.63) is 0 Å². The first-order valence-corrected chi connectivity index (χ1v) is 2.84. The normalized spacial score (nSPS) is 9.25. The summed E-state index contributed by atoms with van der Waals surface area (Å²) in [5.74, 6) is 0. The summed E-state index contributed by atoms with van der Waals surface area (Å²) in [6.45, 7) is 1.54. The maximum atomic E-state index is 10.1. The van der Waals surface area contributed by atoms with Crippen molar-refractivity contribution in [2.24, 2.45) is 5.73 Å². The van der Waals surface area contributed by atoms with E-state index in [0.717, 1.165) is 0 Å². The van der Waals surface area contributed by atoms with E-state index in [1.54, 1.807) is 0 Å². The average Bonchev–Trinajstić information content (AvgIpc) is 1.66. The minimum atomic E-state index is -0.154. The van der Waals surface area contributed by atoms with Gasteiger partial charge in [0.05, 0.1) is 6.54 Å². The molecule has 0 aliphatic rings. The van der Waals surface area contributed by atoms with Crippen molar-refractivity contribution in [1.82, 2.24) is 5.32 Å². The van der Waals surface area contributed by atoms with Gasteiger partial charge in [-0.3, -0.25) is 4.79 Å². The van der Waals surface area contributed by atoms with E-state index in [1.807, 2.05) is 0 Å². The highest BCUT2D eigenvalue weighted by Gasteiger charge is 1.88. The molecule has 0 bridgehead atoms. The molecule has 0 unspecified atom stereocenters. The Morgan fingerprint density at radius 2 is 2.38 bits per heavy atom. The second-order valence-electron chi connectivity index (χ2n) is 1.36. The molecule has 3 N–H and O–H groups in total. The summed E-state index contributed by atoms with van der Waals surface area (Å²) in [7, 11) is 0. The quantitative estimate of drug-likeness (QED) is 0.341. The van der Waals surface area contributed by atoms with Gasteiger partial charge in [0.1, 0.15) is 0 Å².